The molecule has 0 radical (unpaired) electrons. The number of carboxylic acids is 1. The molecule has 6 heteroatoms. The average molecular weight is 294 g/mol. The zero-order valence-corrected chi connectivity index (χ0v) is 12.4. The van der Waals surface area contributed by atoms with E-state index in [0.29, 0.717) is 18.7 Å². The number of rotatable bonds is 6. The third-order valence-electron chi connectivity index (χ3n) is 4.04. The molecule has 1 saturated heterocycles. The van der Waals surface area contributed by atoms with Crippen molar-refractivity contribution in [3.05, 3.63) is 35.9 Å². The third kappa shape index (κ3) is 3.24. The number of benzene rings is 1. The van der Waals surface area contributed by atoms with Crippen LogP contribution in [0.5, 0.6) is 0 Å². The summed E-state index contributed by atoms with van der Waals surface area (Å²) in [5, 5.41) is 9.58. The number of hydrogen-bond donors (Lipinski definition) is 2. The van der Waals surface area contributed by atoms with E-state index in [0.717, 1.165) is 0 Å². The highest BCUT2D eigenvalue weighted by atomic mass is 16.5. The lowest BCUT2D eigenvalue weighted by molar-refractivity contribution is -0.144. The average Bonchev–Trinajstić information content (AvgIpc) is 2.89. The van der Waals surface area contributed by atoms with Crippen molar-refractivity contribution in [1.82, 2.24) is 4.90 Å². The molecule has 3 N–H and O–H groups in total. The largest absolute Gasteiger partial charge is 0.480 e. The summed E-state index contributed by atoms with van der Waals surface area (Å²) >= 11 is 0. The molecule has 0 saturated carbocycles. The van der Waals surface area contributed by atoms with E-state index >= 15 is 0 Å². The van der Waals surface area contributed by atoms with Crippen LogP contribution in [0.1, 0.15) is 5.56 Å². The second-order valence-electron chi connectivity index (χ2n) is 5.38. The van der Waals surface area contributed by atoms with Crippen LogP contribution in [0.25, 0.3) is 0 Å². The molecule has 21 heavy (non-hydrogen) atoms. The molecule has 0 bridgehead atoms. The van der Waals surface area contributed by atoms with E-state index in [1.54, 1.807) is 38.5 Å². The van der Waals surface area contributed by atoms with Crippen LogP contribution < -0.4 is 5.73 Å². The van der Waals surface area contributed by atoms with Crippen molar-refractivity contribution < 1.29 is 19.4 Å². The molecule has 0 aromatic heterocycles. The molecular formula is C15H22N2O4. The lowest BCUT2D eigenvalue weighted by Crippen LogP contribution is -2.53. The number of hydrogen-bond acceptors (Lipinski definition) is 5. The predicted octanol–water partition coefficient (Wildman–Crippen LogP) is 0.271. The molecule has 3 unspecified atom stereocenters. The van der Waals surface area contributed by atoms with Gasteiger partial charge in [-0.1, -0.05) is 30.3 Å². The van der Waals surface area contributed by atoms with Gasteiger partial charge in [0.2, 0.25) is 0 Å². The molecule has 1 aromatic carbocycles. The SMILES string of the molecule is COC1CN(CC(N)(C(=O)O)c2ccccc2)CC1OC. The monoisotopic (exact) mass is 294 g/mol. The number of carboxylic acid groups (broad SMARTS) is 1. The van der Waals surface area contributed by atoms with E-state index in [-0.39, 0.29) is 18.8 Å². The number of methoxy groups -OCH3 is 2. The normalized spacial score (nSPS) is 25.7. The Hall–Kier alpha value is -1.47. The van der Waals surface area contributed by atoms with Gasteiger partial charge in [0, 0.05) is 33.9 Å². The van der Waals surface area contributed by atoms with Gasteiger partial charge in [-0.05, 0) is 5.56 Å². The first kappa shape index (κ1) is 15.9. The molecule has 116 valence electrons. The van der Waals surface area contributed by atoms with Gasteiger partial charge in [0.15, 0.2) is 5.54 Å². The Morgan fingerprint density at radius 3 is 2.24 bits per heavy atom. The molecule has 1 fully saturated rings. The van der Waals surface area contributed by atoms with Gasteiger partial charge >= 0.3 is 5.97 Å². The zero-order valence-electron chi connectivity index (χ0n) is 12.4. The van der Waals surface area contributed by atoms with Crippen LogP contribution in [0.4, 0.5) is 0 Å². The molecule has 1 aliphatic rings. The lowest BCUT2D eigenvalue weighted by Gasteiger charge is -2.30. The quantitative estimate of drug-likeness (QED) is 0.783. The van der Waals surface area contributed by atoms with Gasteiger partial charge < -0.3 is 20.3 Å². The Morgan fingerprint density at radius 1 is 1.29 bits per heavy atom. The molecule has 1 aliphatic heterocycles. The molecule has 0 spiro atoms. The number of carbonyl (C=O) groups is 1. The minimum atomic E-state index is -1.44. The number of likely N-dealkylation sites (tertiary alicyclic amines) is 1. The van der Waals surface area contributed by atoms with Crippen LogP contribution in [0.2, 0.25) is 0 Å². The highest BCUT2D eigenvalue weighted by molar-refractivity contribution is 5.80. The van der Waals surface area contributed by atoms with Crippen LogP contribution in [0.15, 0.2) is 30.3 Å². The van der Waals surface area contributed by atoms with E-state index < -0.39 is 11.5 Å². The molecule has 2 rings (SSSR count). The number of nitrogens with two attached hydrogens (primary N) is 1. The molecule has 6 nitrogen and oxygen atoms in total. The van der Waals surface area contributed by atoms with Crippen LogP contribution in [-0.2, 0) is 19.8 Å². The second kappa shape index (κ2) is 6.53. The van der Waals surface area contributed by atoms with Gasteiger partial charge in [0.25, 0.3) is 0 Å². The Labute approximate surface area is 124 Å². The Kier molecular flexibility index (Phi) is 4.95. The van der Waals surface area contributed by atoms with E-state index in [4.69, 9.17) is 15.2 Å². The first-order valence-electron chi connectivity index (χ1n) is 6.87. The van der Waals surface area contributed by atoms with Crippen molar-refractivity contribution in [1.29, 1.82) is 0 Å². The van der Waals surface area contributed by atoms with Crippen molar-refractivity contribution >= 4 is 5.97 Å². The minimum Gasteiger partial charge on any atom is -0.480 e. The van der Waals surface area contributed by atoms with Crippen molar-refractivity contribution in [2.24, 2.45) is 5.73 Å². The van der Waals surface area contributed by atoms with E-state index in [1.165, 1.54) is 0 Å². The summed E-state index contributed by atoms with van der Waals surface area (Å²) in [6.45, 7) is 1.42. The van der Waals surface area contributed by atoms with E-state index in [1.807, 2.05) is 11.0 Å². The summed E-state index contributed by atoms with van der Waals surface area (Å²) < 4.78 is 10.7. The van der Waals surface area contributed by atoms with Crippen molar-refractivity contribution in [2.45, 2.75) is 17.7 Å². The van der Waals surface area contributed by atoms with Crippen molar-refractivity contribution in [2.75, 3.05) is 33.9 Å². The summed E-state index contributed by atoms with van der Waals surface area (Å²) in [6, 6.07) is 8.90. The fraction of sp³-hybridized carbons (Fsp3) is 0.533. The summed E-state index contributed by atoms with van der Waals surface area (Å²) in [4.78, 5) is 13.7. The first-order chi connectivity index (χ1) is 10.0. The minimum absolute atomic E-state index is 0.0659. The standard InChI is InChI=1S/C15H22N2O4/c1-20-12-8-17(9-13(12)21-2)10-15(16,14(18)19)11-6-4-3-5-7-11/h3-7,12-13H,8-10,16H2,1-2H3,(H,18,19). The number of nitrogens with zero attached hydrogens (tertiary/aromatic N) is 1. The van der Waals surface area contributed by atoms with Gasteiger partial charge in [-0.2, -0.15) is 0 Å². The smallest absolute Gasteiger partial charge is 0.329 e. The summed E-state index contributed by atoms with van der Waals surface area (Å²) in [5.41, 5.74) is 5.34. The topological polar surface area (TPSA) is 85.0 Å². The van der Waals surface area contributed by atoms with Crippen LogP contribution in [-0.4, -0.2) is 62.0 Å². The van der Waals surface area contributed by atoms with Crippen LogP contribution in [0.3, 0.4) is 0 Å². The van der Waals surface area contributed by atoms with Gasteiger partial charge in [-0.15, -0.1) is 0 Å². The number of aliphatic carboxylic acids is 1. The second-order valence-corrected chi connectivity index (χ2v) is 5.38. The zero-order chi connectivity index (χ0) is 15.5. The molecule has 1 heterocycles. The first-order valence-corrected chi connectivity index (χ1v) is 6.87. The predicted molar refractivity (Wildman–Crippen MR) is 78.0 cm³/mol. The summed E-state index contributed by atoms with van der Waals surface area (Å²) in [5.74, 6) is -1.04. The van der Waals surface area contributed by atoms with Crippen LogP contribution >= 0.6 is 0 Å². The fourth-order valence-electron chi connectivity index (χ4n) is 2.77. The highest BCUT2D eigenvalue weighted by Gasteiger charge is 2.42. The third-order valence-corrected chi connectivity index (χ3v) is 4.04. The molecule has 0 amide bonds. The van der Waals surface area contributed by atoms with Gasteiger partial charge in [-0.25, -0.2) is 4.79 Å². The molecule has 3 atom stereocenters. The summed E-state index contributed by atoms with van der Waals surface area (Å²) in [6.07, 6.45) is -0.132. The maximum absolute atomic E-state index is 11.7. The Bertz CT molecular complexity index is 470. The van der Waals surface area contributed by atoms with Crippen molar-refractivity contribution in [3.8, 4) is 0 Å². The van der Waals surface area contributed by atoms with Gasteiger partial charge in [0.1, 0.15) is 0 Å². The summed E-state index contributed by atoms with van der Waals surface area (Å²) in [7, 11) is 3.26. The van der Waals surface area contributed by atoms with Gasteiger partial charge in [0.05, 0.1) is 12.2 Å². The lowest BCUT2D eigenvalue weighted by atomic mass is 9.90. The number of ether oxygens (including phenoxy) is 2. The van der Waals surface area contributed by atoms with Gasteiger partial charge in [-0.3, -0.25) is 4.90 Å². The maximum Gasteiger partial charge on any atom is 0.329 e. The Morgan fingerprint density at radius 2 is 1.81 bits per heavy atom. The molecule has 0 aliphatic carbocycles. The highest BCUT2D eigenvalue weighted by Crippen LogP contribution is 2.24. The van der Waals surface area contributed by atoms with Crippen molar-refractivity contribution in [3.63, 3.8) is 0 Å². The fourth-order valence-corrected chi connectivity index (χ4v) is 2.77. The molecule has 1 aromatic rings. The Balaban J connectivity index is 2.17. The van der Waals surface area contributed by atoms with E-state index in [9.17, 15) is 9.90 Å². The maximum atomic E-state index is 11.7. The van der Waals surface area contributed by atoms with E-state index in [2.05, 4.69) is 0 Å². The molecular weight excluding hydrogens is 272 g/mol. The van der Waals surface area contributed by atoms with Crippen LogP contribution in [0, 0.1) is 0 Å².